The molecule has 0 bridgehead atoms. The lowest BCUT2D eigenvalue weighted by molar-refractivity contribution is 0.102. The fourth-order valence-electron chi connectivity index (χ4n) is 4.24. The van der Waals surface area contributed by atoms with Gasteiger partial charge in [-0.25, -0.2) is 14.2 Å². The monoisotopic (exact) mass is 466 g/mol. The van der Waals surface area contributed by atoms with Crippen molar-refractivity contribution >= 4 is 40.8 Å². The molecule has 9 heteroatoms. The van der Waals surface area contributed by atoms with Gasteiger partial charge in [-0.1, -0.05) is 43.5 Å². The van der Waals surface area contributed by atoms with Crippen molar-refractivity contribution in [1.29, 1.82) is 0 Å². The third-order valence-electron chi connectivity index (χ3n) is 6.14. The molecule has 0 aliphatic heterocycles. The molecule has 1 aliphatic rings. The smallest absolute Gasteiger partial charge is 0.312 e. The van der Waals surface area contributed by atoms with Crippen LogP contribution in [0.2, 0.25) is 10.0 Å². The number of rotatable bonds is 8. The Morgan fingerprint density at radius 1 is 1.32 bits per heavy atom. The van der Waals surface area contributed by atoms with Crippen molar-refractivity contribution in [1.82, 2.24) is 10.3 Å². The Hall–Kier alpha value is -2.38. The average Bonchev–Trinajstić information content (AvgIpc) is 3.53. The van der Waals surface area contributed by atoms with E-state index in [1.54, 1.807) is 24.3 Å². The number of hydrogen-bond donors (Lipinski definition) is 3. The number of nitrogens with zero attached hydrogens (tertiary/aromatic N) is 1. The molecule has 3 rings (SSSR count). The summed E-state index contributed by atoms with van der Waals surface area (Å²) in [6.07, 6.45) is 3.30. The lowest BCUT2D eigenvalue weighted by Crippen LogP contribution is -2.55. The van der Waals surface area contributed by atoms with Crippen LogP contribution < -0.4 is 16.4 Å². The van der Waals surface area contributed by atoms with E-state index < -0.39 is 24.2 Å². The highest BCUT2D eigenvalue weighted by Gasteiger charge is 2.51. The first-order valence-electron chi connectivity index (χ1n) is 10.1. The normalized spacial score (nSPS) is 20.4. The molecule has 2 aromatic rings. The van der Waals surface area contributed by atoms with E-state index in [4.69, 9.17) is 28.9 Å². The van der Waals surface area contributed by atoms with Crippen molar-refractivity contribution in [3.05, 3.63) is 57.8 Å². The zero-order chi connectivity index (χ0) is 22.8. The van der Waals surface area contributed by atoms with E-state index in [0.717, 1.165) is 12.8 Å². The van der Waals surface area contributed by atoms with Crippen LogP contribution in [0.15, 0.2) is 36.5 Å². The third-order valence-corrected chi connectivity index (χ3v) is 6.70. The molecule has 1 fully saturated rings. The SMILES string of the molecule is CCC1CC1C(C)C(CF)(NC(N)=O)c1cc(NC(=O)c2ccc(Cl)cn2)ccc1Cl. The second-order valence-corrected chi connectivity index (χ2v) is 8.80. The number of amides is 3. The lowest BCUT2D eigenvalue weighted by Gasteiger charge is -2.39. The molecule has 6 nitrogen and oxygen atoms in total. The second kappa shape index (κ2) is 9.40. The van der Waals surface area contributed by atoms with Crippen molar-refractivity contribution in [3.8, 4) is 0 Å². The first-order chi connectivity index (χ1) is 14.7. The van der Waals surface area contributed by atoms with Gasteiger partial charge in [0.2, 0.25) is 0 Å². The molecular formula is C22H25Cl2FN4O2. The molecular weight excluding hydrogens is 442 g/mol. The topological polar surface area (TPSA) is 97.1 Å². The van der Waals surface area contributed by atoms with Crippen molar-refractivity contribution in [2.24, 2.45) is 23.5 Å². The number of halogens is 3. The van der Waals surface area contributed by atoms with Gasteiger partial charge < -0.3 is 16.4 Å². The number of urea groups is 1. The summed E-state index contributed by atoms with van der Waals surface area (Å²) in [7, 11) is 0. The van der Waals surface area contributed by atoms with Crippen molar-refractivity contribution < 1.29 is 14.0 Å². The molecule has 4 unspecified atom stereocenters. The van der Waals surface area contributed by atoms with Gasteiger partial charge in [0.25, 0.3) is 5.91 Å². The number of primary amides is 1. The quantitative estimate of drug-likeness (QED) is 0.501. The number of aromatic nitrogens is 1. The molecule has 1 aromatic heterocycles. The van der Waals surface area contributed by atoms with Gasteiger partial charge >= 0.3 is 6.03 Å². The Kier molecular flexibility index (Phi) is 7.06. The van der Waals surface area contributed by atoms with Crippen LogP contribution in [0, 0.1) is 17.8 Å². The van der Waals surface area contributed by atoms with Crippen LogP contribution in [0.25, 0.3) is 0 Å². The van der Waals surface area contributed by atoms with Crippen LogP contribution in [0.5, 0.6) is 0 Å². The van der Waals surface area contributed by atoms with Gasteiger partial charge in [-0.3, -0.25) is 4.79 Å². The van der Waals surface area contributed by atoms with Crippen molar-refractivity contribution in [2.45, 2.75) is 32.2 Å². The van der Waals surface area contributed by atoms with E-state index in [1.165, 1.54) is 12.3 Å². The number of carbonyl (C=O) groups is 2. The average molecular weight is 467 g/mol. The van der Waals surface area contributed by atoms with E-state index in [9.17, 15) is 14.0 Å². The summed E-state index contributed by atoms with van der Waals surface area (Å²) >= 11 is 12.3. The number of hydrogen-bond acceptors (Lipinski definition) is 3. The highest BCUT2D eigenvalue weighted by atomic mass is 35.5. The molecule has 166 valence electrons. The van der Waals surface area contributed by atoms with E-state index >= 15 is 0 Å². The summed E-state index contributed by atoms with van der Waals surface area (Å²) in [4.78, 5) is 28.4. The number of benzene rings is 1. The highest BCUT2D eigenvalue weighted by Crippen LogP contribution is 2.53. The molecule has 0 saturated heterocycles. The summed E-state index contributed by atoms with van der Waals surface area (Å²) < 4.78 is 14.7. The number of nitrogens with two attached hydrogens (primary N) is 1. The first kappa shape index (κ1) is 23.3. The minimum absolute atomic E-state index is 0.171. The Labute approximate surface area is 190 Å². The molecule has 4 N–H and O–H groups in total. The molecule has 0 spiro atoms. The van der Waals surface area contributed by atoms with Crippen LogP contribution in [-0.4, -0.2) is 23.6 Å². The maximum atomic E-state index is 14.7. The minimum atomic E-state index is -1.41. The molecule has 3 amide bonds. The van der Waals surface area contributed by atoms with E-state index in [1.807, 2.05) is 6.92 Å². The van der Waals surface area contributed by atoms with Gasteiger partial charge in [-0.15, -0.1) is 0 Å². The summed E-state index contributed by atoms with van der Waals surface area (Å²) in [6.45, 7) is 3.10. The lowest BCUT2D eigenvalue weighted by atomic mass is 9.76. The van der Waals surface area contributed by atoms with Crippen LogP contribution in [0.1, 0.15) is 42.7 Å². The summed E-state index contributed by atoms with van der Waals surface area (Å²) in [5.41, 5.74) is 4.95. The Balaban J connectivity index is 1.96. The van der Waals surface area contributed by atoms with Gasteiger partial charge in [0.1, 0.15) is 12.4 Å². The molecule has 0 radical (unpaired) electrons. The molecule has 1 saturated carbocycles. The Bertz CT molecular complexity index is 972. The van der Waals surface area contributed by atoms with Crippen molar-refractivity contribution in [2.75, 3.05) is 12.0 Å². The number of anilines is 1. The largest absolute Gasteiger partial charge is 0.352 e. The molecule has 1 heterocycles. The van der Waals surface area contributed by atoms with Crippen LogP contribution in [0.3, 0.4) is 0 Å². The second-order valence-electron chi connectivity index (χ2n) is 7.96. The van der Waals surface area contributed by atoms with Gasteiger partial charge in [-0.05, 0) is 54.5 Å². The molecule has 4 atom stereocenters. The standard InChI is InChI=1S/C22H25Cl2FN4O2/c1-3-13-8-16(13)12(2)22(11-25,29-21(26)31)17-9-15(5-6-18(17)24)28-20(30)19-7-4-14(23)10-27-19/h4-7,9-10,12-13,16H,3,8,11H2,1-2H3,(H,28,30)(H3,26,29,31). The number of nitrogens with one attached hydrogen (secondary N) is 2. The van der Waals surface area contributed by atoms with Gasteiger partial charge in [-0.2, -0.15) is 0 Å². The van der Waals surface area contributed by atoms with E-state index in [0.29, 0.717) is 22.2 Å². The van der Waals surface area contributed by atoms with Crippen molar-refractivity contribution in [3.63, 3.8) is 0 Å². The van der Waals surface area contributed by atoms with Crippen LogP contribution in [0.4, 0.5) is 14.9 Å². The van der Waals surface area contributed by atoms with Gasteiger partial charge in [0, 0.05) is 22.5 Å². The van der Waals surface area contributed by atoms with Gasteiger partial charge in [0.15, 0.2) is 0 Å². The maximum absolute atomic E-state index is 14.7. The first-order valence-corrected chi connectivity index (χ1v) is 10.8. The molecule has 31 heavy (non-hydrogen) atoms. The molecule has 1 aliphatic carbocycles. The zero-order valence-corrected chi connectivity index (χ0v) is 18.8. The van der Waals surface area contributed by atoms with Crippen LogP contribution in [-0.2, 0) is 5.54 Å². The van der Waals surface area contributed by atoms with E-state index in [2.05, 4.69) is 22.5 Å². The summed E-state index contributed by atoms with van der Waals surface area (Å²) in [6, 6.07) is 6.95. The zero-order valence-electron chi connectivity index (χ0n) is 17.3. The number of alkyl halides is 1. The predicted octanol–water partition coefficient (Wildman–Crippen LogP) is 5.16. The maximum Gasteiger partial charge on any atom is 0.312 e. The molecule has 1 aromatic carbocycles. The summed E-state index contributed by atoms with van der Waals surface area (Å²) in [5, 5.41) is 6.04. The summed E-state index contributed by atoms with van der Waals surface area (Å²) in [5.74, 6) is -0.00954. The Morgan fingerprint density at radius 2 is 2.06 bits per heavy atom. The third kappa shape index (κ3) is 4.93. The predicted molar refractivity (Wildman–Crippen MR) is 120 cm³/mol. The number of pyridine rings is 1. The Morgan fingerprint density at radius 3 is 2.61 bits per heavy atom. The van der Waals surface area contributed by atoms with Crippen LogP contribution >= 0.6 is 23.2 Å². The fourth-order valence-corrected chi connectivity index (χ4v) is 4.64. The van der Waals surface area contributed by atoms with E-state index in [-0.39, 0.29) is 22.6 Å². The highest BCUT2D eigenvalue weighted by molar-refractivity contribution is 6.31. The minimum Gasteiger partial charge on any atom is -0.352 e. The fraction of sp³-hybridized carbons (Fsp3) is 0.409. The number of carbonyl (C=O) groups excluding carboxylic acids is 2. The van der Waals surface area contributed by atoms with Gasteiger partial charge in [0.05, 0.1) is 10.6 Å².